The Balaban J connectivity index is 1.32. The minimum absolute atomic E-state index is 0.00164. The maximum atomic E-state index is 13.8. The van der Waals surface area contributed by atoms with Crippen LogP contribution in [0.2, 0.25) is 0 Å². The summed E-state index contributed by atoms with van der Waals surface area (Å²) in [6.45, 7) is 5.84. The highest BCUT2D eigenvalue weighted by atomic mass is 19.1. The van der Waals surface area contributed by atoms with Gasteiger partial charge in [-0.1, -0.05) is 0 Å². The van der Waals surface area contributed by atoms with Crippen LogP contribution < -0.4 is 10.2 Å². The van der Waals surface area contributed by atoms with Gasteiger partial charge in [0.25, 0.3) is 5.91 Å². The third-order valence-electron chi connectivity index (χ3n) is 7.00. The number of rotatable bonds is 4. The fourth-order valence-corrected chi connectivity index (χ4v) is 4.85. The summed E-state index contributed by atoms with van der Waals surface area (Å²) in [4.78, 5) is 35.1. The first kappa shape index (κ1) is 20.3. The predicted molar refractivity (Wildman–Crippen MR) is 120 cm³/mol. The lowest BCUT2D eigenvalue weighted by molar-refractivity contribution is 0.0731. The first-order chi connectivity index (χ1) is 15.9. The molecule has 0 aromatic carbocycles. The fraction of sp³-hybridized carbons (Fsp3) is 0.522. The number of nitrogens with zero attached hydrogens (tertiary/aromatic N) is 6. The molecule has 0 unspecified atom stereocenters. The molecule has 1 N–H and O–H groups in total. The lowest BCUT2D eigenvalue weighted by Crippen LogP contribution is -2.38. The molecule has 10 heteroatoms. The zero-order valence-electron chi connectivity index (χ0n) is 18.8. The number of fused-ring (bicyclic) bond motifs is 2. The highest BCUT2D eigenvalue weighted by Crippen LogP contribution is 2.40. The number of furan rings is 1. The molecule has 2 aliphatic heterocycles. The van der Waals surface area contributed by atoms with E-state index in [1.165, 1.54) is 12.7 Å². The van der Waals surface area contributed by atoms with Gasteiger partial charge in [0, 0.05) is 24.2 Å². The summed E-state index contributed by atoms with van der Waals surface area (Å²) in [6.07, 6.45) is 5.42. The molecule has 5 heterocycles. The van der Waals surface area contributed by atoms with E-state index in [0.29, 0.717) is 67.3 Å². The monoisotopic (exact) mass is 451 g/mol. The molecule has 33 heavy (non-hydrogen) atoms. The molecular formula is C23H26FN7O2. The van der Waals surface area contributed by atoms with E-state index >= 15 is 0 Å². The predicted octanol–water partition coefficient (Wildman–Crippen LogP) is 3.03. The number of nitrogens with one attached hydrogen (secondary N) is 1. The van der Waals surface area contributed by atoms with Crippen LogP contribution in [0, 0.1) is 6.92 Å². The van der Waals surface area contributed by atoms with Gasteiger partial charge in [0.15, 0.2) is 0 Å². The Morgan fingerprint density at radius 1 is 1.21 bits per heavy atom. The summed E-state index contributed by atoms with van der Waals surface area (Å²) >= 11 is 0. The molecule has 1 amide bonds. The second-order valence-corrected chi connectivity index (χ2v) is 9.55. The largest absolute Gasteiger partial charge is 0.442 e. The van der Waals surface area contributed by atoms with Gasteiger partial charge in [-0.3, -0.25) is 4.79 Å². The Bertz CT molecular complexity index is 1260. The average Bonchev–Trinajstić information content (AvgIpc) is 3.21. The molecule has 0 bridgehead atoms. The van der Waals surface area contributed by atoms with Crippen molar-refractivity contribution in [3.8, 4) is 0 Å². The molecule has 3 aliphatic rings. The summed E-state index contributed by atoms with van der Waals surface area (Å²) < 4.78 is 19.6. The van der Waals surface area contributed by atoms with Crippen LogP contribution in [0.1, 0.15) is 53.6 Å². The van der Waals surface area contributed by atoms with Gasteiger partial charge in [-0.05, 0) is 39.5 Å². The first-order valence-electron chi connectivity index (χ1n) is 11.5. The Morgan fingerprint density at radius 2 is 2.03 bits per heavy atom. The number of carbonyl (C=O) groups excluding carboxylic acids is 1. The molecule has 172 valence electrons. The van der Waals surface area contributed by atoms with Gasteiger partial charge in [0.1, 0.15) is 36.2 Å². The molecule has 0 radical (unpaired) electrons. The standard InChI is InChI=1S/C23H26FN7O2/c1-13-17(18-19(29-23(2)5-6-23)26-12-28-21(18)33-13)22(32)31-8-4-15-16(10-31)25-11-27-20(15)30-7-3-14(24)9-30/h11-12,14H,3-10H2,1-2H3,(H,26,28,29)/t14-/m0/s1. The van der Waals surface area contributed by atoms with E-state index in [2.05, 4.69) is 32.2 Å². The topological polar surface area (TPSA) is 100 Å². The lowest BCUT2D eigenvalue weighted by atomic mass is 10.0. The number of aromatic nitrogens is 4. The van der Waals surface area contributed by atoms with Crippen LogP contribution >= 0.6 is 0 Å². The fourth-order valence-electron chi connectivity index (χ4n) is 4.85. The van der Waals surface area contributed by atoms with Crippen LogP contribution in [0.3, 0.4) is 0 Å². The van der Waals surface area contributed by atoms with Crippen LogP contribution in [-0.4, -0.2) is 62.1 Å². The van der Waals surface area contributed by atoms with Crippen LogP contribution in [0.15, 0.2) is 17.1 Å². The van der Waals surface area contributed by atoms with E-state index in [4.69, 9.17) is 4.42 Å². The molecule has 6 rings (SSSR count). The van der Waals surface area contributed by atoms with Crippen molar-refractivity contribution in [1.82, 2.24) is 24.8 Å². The van der Waals surface area contributed by atoms with E-state index in [1.807, 2.05) is 4.90 Å². The van der Waals surface area contributed by atoms with Gasteiger partial charge in [-0.15, -0.1) is 0 Å². The Kier molecular flexibility index (Phi) is 4.53. The van der Waals surface area contributed by atoms with Crippen molar-refractivity contribution in [3.05, 3.63) is 35.2 Å². The number of aryl methyl sites for hydroxylation is 1. The van der Waals surface area contributed by atoms with Crippen LogP contribution in [0.4, 0.5) is 16.0 Å². The third kappa shape index (κ3) is 3.48. The van der Waals surface area contributed by atoms with Crippen molar-refractivity contribution in [2.75, 3.05) is 29.9 Å². The van der Waals surface area contributed by atoms with Crippen LogP contribution in [0.5, 0.6) is 0 Å². The molecule has 1 atom stereocenters. The number of hydrogen-bond acceptors (Lipinski definition) is 8. The molecular weight excluding hydrogens is 425 g/mol. The number of alkyl halides is 1. The van der Waals surface area contributed by atoms with E-state index < -0.39 is 6.17 Å². The molecule has 3 aromatic rings. The SMILES string of the molecule is Cc1oc2ncnc(NC3(C)CC3)c2c1C(=O)N1CCc2c(ncnc2N2CC[C@H](F)C2)C1. The Morgan fingerprint density at radius 3 is 2.79 bits per heavy atom. The summed E-state index contributed by atoms with van der Waals surface area (Å²) in [6, 6.07) is 0. The molecule has 2 fully saturated rings. The first-order valence-corrected chi connectivity index (χ1v) is 11.5. The second kappa shape index (κ2) is 7.36. The highest BCUT2D eigenvalue weighted by Gasteiger charge is 2.39. The van der Waals surface area contributed by atoms with Crippen LogP contribution in [-0.2, 0) is 13.0 Å². The van der Waals surface area contributed by atoms with Crippen LogP contribution in [0.25, 0.3) is 11.1 Å². The van der Waals surface area contributed by atoms with Gasteiger partial charge >= 0.3 is 0 Å². The maximum absolute atomic E-state index is 13.8. The van der Waals surface area contributed by atoms with Crippen molar-refractivity contribution in [2.45, 2.75) is 57.8 Å². The Labute approximate surface area is 190 Å². The van der Waals surface area contributed by atoms with Crippen molar-refractivity contribution < 1.29 is 13.6 Å². The van der Waals surface area contributed by atoms with Crippen molar-refractivity contribution in [1.29, 1.82) is 0 Å². The quantitative estimate of drug-likeness (QED) is 0.646. The molecule has 1 saturated carbocycles. The van der Waals surface area contributed by atoms with Crippen molar-refractivity contribution >= 4 is 28.6 Å². The number of anilines is 2. The molecule has 3 aromatic heterocycles. The average molecular weight is 452 g/mol. The third-order valence-corrected chi connectivity index (χ3v) is 7.00. The van der Waals surface area contributed by atoms with Gasteiger partial charge < -0.3 is 19.5 Å². The summed E-state index contributed by atoms with van der Waals surface area (Å²) in [5.41, 5.74) is 2.73. The van der Waals surface area contributed by atoms with E-state index in [-0.39, 0.29) is 11.4 Å². The van der Waals surface area contributed by atoms with E-state index in [0.717, 1.165) is 29.9 Å². The second-order valence-electron chi connectivity index (χ2n) is 9.55. The van der Waals surface area contributed by atoms with Crippen molar-refractivity contribution in [2.24, 2.45) is 0 Å². The number of halogens is 1. The molecule has 9 nitrogen and oxygen atoms in total. The number of carbonyl (C=O) groups is 1. The highest BCUT2D eigenvalue weighted by molar-refractivity contribution is 6.10. The van der Waals surface area contributed by atoms with Gasteiger partial charge in [-0.25, -0.2) is 24.3 Å². The van der Waals surface area contributed by atoms with E-state index in [9.17, 15) is 9.18 Å². The minimum atomic E-state index is -0.822. The number of hydrogen-bond donors (Lipinski definition) is 1. The van der Waals surface area contributed by atoms with Gasteiger partial charge in [0.2, 0.25) is 5.71 Å². The maximum Gasteiger partial charge on any atom is 0.258 e. The van der Waals surface area contributed by atoms with Crippen molar-refractivity contribution in [3.63, 3.8) is 0 Å². The smallest absolute Gasteiger partial charge is 0.258 e. The lowest BCUT2D eigenvalue weighted by Gasteiger charge is -2.30. The summed E-state index contributed by atoms with van der Waals surface area (Å²) in [5.74, 6) is 1.84. The zero-order chi connectivity index (χ0) is 22.7. The number of amides is 1. The van der Waals surface area contributed by atoms with E-state index in [1.54, 1.807) is 11.8 Å². The molecule has 1 saturated heterocycles. The summed E-state index contributed by atoms with van der Waals surface area (Å²) in [7, 11) is 0. The summed E-state index contributed by atoms with van der Waals surface area (Å²) in [5, 5.41) is 4.10. The van der Waals surface area contributed by atoms with Gasteiger partial charge in [0.05, 0.1) is 29.7 Å². The molecule has 1 aliphatic carbocycles. The molecule has 0 spiro atoms. The zero-order valence-corrected chi connectivity index (χ0v) is 18.8. The normalized spacial score (nSPS) is 21.4. The van der Waals surface area contributed by atoms with Gasteiger partial charge in [-0.2, -0.15) is 0 Å². The Hall–Kier alpha value is -3.30. The minimum Gasteiger partial charge on any atom is -0.442 e.